The van der Waals surface area contributed by atoms with Crippen molar-refractivity contribution >= 4 is 40.7 Å². The number of ether oxygens (including phenoxy) is 3. The third-order valence-electron chi connectivity index (χ3n) is 12.4. The second kappa shape index (κ2) is 19.7. The number of amides is 2. The van der Waals surface area contributed by atoms with Gasteiger partial charge in [0.2, 0.25) is 11.3 Å². The molecular formula is C52H59N7O5S. The molecule has 2 amide bonds. The van der Waals surface area contributed by atoms with Gasteiger partial charge in [-0.3, -0.25) is 9.59 Å². The number of tetrazole rings is 1. The minimum absolute atomic E-state index is 0.00890. The van der Waals surface area contributed by atoms with Crippen LogP contribution in [-0.2, 0) is 20.4 Å². The highest BCUT2D eigenvalue weighted by atomic mass is 32.2. The normalized spacial score (nSPS) is 15.0. The number of rotatable bonds is 18. The van der Waals surface area contributed by atoms with E-state index >= 15 is 0 Å². The lowest BCUT2D eigenvalue weighted by atomic mass is 9.76. The number of carbonyl (C=O) groups excluding carboxylic acids is 2. The molecule has 0 saturated carbocycles. The van der Waals surface area contributed by atoms with E-state index in [0.29, 0.717) is 45.7 Å². The summed E-state index contributed by atoms with van der Waals surface area (Å²) in [6.45, 7) is 19.3. The predicted octanol–water partition coefficient (Wildman–Crippen LogP) is 11.2. The highest BCUT2D eigenvalue weighted by molar-refractivity contribution is 7.99. The van der Waals surface area contributed by atoms with Gasteiger partial charge in [-0.05, 0) is 121 Å². The Morgan fingerprint density at radius 3 is 2.25 bits per heavy atom. The molecule has 3 atom stereocenters. The third-order valence-corrected chi connectivity index (χ3v) is 13.5. The number of aryl methyl sites for hydroxylation is 1. The first-order valence-corrected chi connectivity index (χ1v) is 23.1. The third kappa shape index (κ3) is 10.3. The maximum absolute atomic E-state index is 14.6. The number of anilines is 2. The Balaban J connectivity index is 1.12. The van der Waals surface area contributed by atoms with Crippen LogP contribution in [0.15, 0.2) is 126 Å². The summed E-state index contributed by atoms with van der Waals surface area (Å²) in [6.07, 6.45) is 0.558. The topological polar surface area (TPSA) is 133 Å². The molecule has 1 N–H and O–H groups in total. The Hall–Kier alpha value is -6.47. The van der Waals surface area contributed by atoms with Crippen LogP contribution in [0.25, 0.3) is 5.69 Å². The Morgan fingerprint density at radius 1 is 0.831 bits per heavy atom. The molecule has 1 aliphatic heterocycles. The van der Waals surface area contributed by atoms with E-state index in [0.717, 1.165) is 41.0 Å². The number of carbonyl (C=O) groups is 2. The molecule has 0 saturated heterocycles. The summed E-state index contributed by atoms with van der Waals surface area (Å²) in [6, 6.07) is 36.4. The molecule has 338 valence electrons. The lowest BCUT2D eigenvalue weighted by molar-refractivity contribution is -0.123. The van der Waals surface area contributed by atoms with Gasteiger partial charge in [0.15, 0.2) is 6.10 Å². The fourth-order valence-corrected chi connectivity index (χ4v) is 8.46. The number of nitrogens with zero attached hydrogens (tertiary/aromatic N) is 6. The standard InChI is InChI=1S/C52H59N7O5S/c1-11-43(63-45-29-23-36(51(6,7)12-2)32-42(45)52(8,9)13-3)48(60)53-37-24-26-39(27-25-37)58-49(61)47(46(55-58)35-18-17-21-40(31-35)62-10)64-44-28-22-33(4)30-41(44)34(5)65-50-54-56-57-59(50)38-19-15-14-16-20-38/h14-32,34,43,47H,11-13H2,1-10H3,(H,53,60). The van der Waals surface area contributed by atoms with Gasteiger partial charge in [-0.15, -0.1) is 5.10 Å². The zero-order chi connectivity index (χ0) is 46.5. The zero-order valence-corrected chi connectivity index (χ0v) is 39.8. The van der Waals surface area contributed by atoms with Crippen LogP contribution in [0.1, 0.15) is 108 Å². The summed E-state index contributed by atoms with van der Waals surface area (Å²) in [5, 5.41) is 22.2. The van der Waals surface area contributed by atoms with Crippen molar-refractivity contribution < 1.29 is 23.8 Å². The molecular weight excluding hydrogens is 835 g/mol. The predicted molar refractivity (Wildman–Crippen MR) is 259 cm³/mol. The van der Waals surface area contributed by atoms with Crippen molar-refractivity contribution in [1.29, 1.82) is 0 Å². The van der Waals surface area contributed by atoms with Gasteiger partial charge in [-0.1, -0.05) is 120 Å². The van der Waals surface area contributed by atoms with E-state index in [4.69, 9.17) is 19.3 Å². The maximum atomic E-state index is 14.6. The van der Waals surface area contributed by atoms with Crippen molar-refractivity contribution in [2.45, 2.75) is 115 Å². The molecule has 0 aliphatic carbocycles. The quantitative estimate of drug-likeness (QED) is 0.0837. The van der Waals surface area contributed by atoms with Crippen molar-refractivity contribution in [3.05, 3.63) is 143 Å². The first-order chi connectivity index (χ1) is 31.2. The molecule has 7 rings (SSSR count). The smallest absolute Gasteiger partial charge is 0.294 e. The fourth-order valence-electron chi connectivity index (χ4n) is 7.51. The van der Waals surface area contributed by atoms with Gasteiger partial charge in [0.1, 0.15) is 23.0 Å². The minimum Gasteiger partial charge on any atom is -0.497 e. The van der Waals surface area contributed by atoms with Crippen molar-refractivity contribution in [3.63, 3.8) is 0 Å². The Bertz CT molecular complexity index is 2660. The number of thioether (sulfide) groups is 1. The van der Waals surface area contributed by atoms with Gasteiger partial charge in [-0.2, -0.15) is 14.8 Å². The number of nitrogens with one attached hydrogen (secondary N) is 1. The number of hydrazone groups is 1. The van der Waals surface area contributed by atoms with Gasteiger partial charge in [0.05, 0.1) is 18.5 Å². The first-order valence-electron chi connectivity index (χ1n) is 22.2. The summed E-state index contributed by atoms with van der Waals surface area (Å²) in [5.41, 5.74) is 7.09. The van der Waals surface area contributed by atoms with E-state index in [-0.39, 0.29) is 27.9 Å². The average Bonchev–Trinajstić information content (AvgIpc) is 3.92. The molecule has 2 heterocycles. The second-order valence-corrected chi connectivity index (χ2v) is 18.9. The number of benzene rings is 5. The van der Waals surface area contributed by atoms with E-state index in [1.54, 1.807) is 36.1 Å². The van der Waals surface area contributed by atoms with Crippen molar-refractivity contribution in [3.8, 4) is 22.9 Å². The Morgan fingerprint density at radius 2 is 1.55 bits per heavy atom. The average molecular weight is 894 g/mol. The minimum atomic E-state index is -1.10. The zero-order valence-electron chi connectivity index (χ0n) is 39.0. The van der Waals surface area contributed by atoms with Gasteiger partial charge in [-0.25, -0.2) is 0 Å². The Kier molecular flexibility index (Phi) is 14.1. The maximum Gasteiger partial charge on any atom is 0.294 e. The van der Waals surface area contributed by atoms with Crippen LogP contribution >= 0.6 is 11.8 Å². The SMILES string of the molecule is CCC(Oc1ccc(C(C)(C)CC)cc1C(C)(C)CC)C(=O)Nc1ccc(N2N=C(c3cccc(OC)c3)C(Oc3ccc(C)cc3C(C)Sc3nnnn3-c3ccccc3)C2=O)cc1. The van der Waals surface area contributed by atoms with E-state index in [2.05, 4.69) is 87.5 Å². The number of para-hydroxylation sites is 1. The summed E-state index contributed by atoms with van der Waals surface area (Å²) in [5.74, 6) is 1.22. The lowest BCUT2D eigenvalue weighted by Crippen LogP contribution is -2.37. The van der Waals surface area contributed by atoms with E-state index in [1.165, 1.54) is 22.3 Å². The van der Waals surface area contributed by atoms with Crippen molar-refractivity contribution in [1.82, 2.24) is 20.2 Å². The lowest BCUT2D eigenvalue weighted by Gasteiger charge is -2.31. The van der Waals surface area contributed by atoms with E-state index < -0.39 is 12.2 Å². The molecule has 0 radical (unpaired) electrons. The van der Waals surface area contributed by atoms with Gasteiger partial charge in [0, 0.05) is 27.6 Å². The molecule has 1 aliphatic rings. The van der Waals surface area contributed by atoms with Crippen LogP contribution in [0.3, 0.4) is 0 Å². The number of hydrogen-bond acceptors (Lipinski definition) is 10. The van der Waals surface area contributed by atoms with E-state index in [9.17, 15) is 9.59 Å². The number of hydrogen-bond donors (Lipinski definition) is 1. The first kappa shape index (κ1) is 46.5. The molecule has 13 heteroatoms. The summed E-state index contributed by atoms with van der Waals surface area (Å²) < 4.78 is 20.5. The largest absolute Gasteiger partial charge is 0.497 e. The molecule has 0 bridgehead atoms. The van der Waals surface area contributed by atoms with Crippen molar-refractivity contribution in [2.24, 2.45) is 5.10 Å². The van der Waals surface area contributed by atoms with Crippen LogP contribution in [0.2, 0.25) is 0 Å². The monoisotopic (exact) mass is 893 g/mol. The molecule has 6 aromatic rings. The Labute approximate surface area is 386 Å². The van der Waals surface area contributed by atoms with Crippen LogP contribution in [0, 0.1) is 6.92 Å². The van der Waals surface area contributed by atoms with Crippen LogP contribution in [-0.4, -0.2) is 57.1 Å². The highest BCUT2D eigenvalue weighted by Gasteiger charge is 2.40. The van der Waals surface area contributed by atoms with Gasteiger partial charge in [0.25, 0.3) is 11.8 Å². The molecule has 0 fully saturated rings. The van der Waals surface area contributed by atoms with Crippen LogP contribution < -0.4 is 24.5 Å². The number of methoxy groups -OCH3 is 1. The van der Waals surface area contributed by atoms with Crippen LogP contribution in [0.4, 0.5) is 11.4 Å². The van der Waals surface area contributed by atoms with Crippen molar-refractivity contribution in [2.75, 3.05) is 17.4 Å². The molecule has 0 spiro atoms. The molecule has 5 aromatic carbocycles. The van der Waals surface area contributed by atoms with E-state index in [1.807, 2.05) is 86.6 Å². The molecule has 12 nitrogen and oxygen atoms in total. The number of aromatic nitrogens is 4. The van der Waals surface area contributed by atoms with Crippen LogP contribution in [0.5, 0.6) is 17.2 Å². The molecule has 1 aromatic heterocycles. The van der Waals surface area contributed by atoms with Gasteiger partial charge < -0.3 is 19.5 Å². The summed E-state index contributed by atoms with van der Waals surface area (Å²) in [7, 11) is 1.59. The highest BCUT2D eigenvalue weighted by Crippen LogP contribution is 2.41. The fraction of sp³-hybridized carbons (Fsp3) is 0.346. The molecule has 3 unspecified atom stereocenters. The summed E-state index contributed by atoms with van der Waals surface area (Å²) >= 11 is 1.49. The van der Waals surface area contributed by atoms with Gasteiger partial charge >= 0.3 is 0 Å². The summed E-state index contributed by atoms with van der Waals surface area (Å²) in [4.78, 5) is 28.4. The second-order valence-electron chi connectivity index (χ2n) is 17.6. The molecule has 65 heavy (non-hydrogen) atoms.